The minimum atomic E-state index is -2.80. The standard InChI is InChI=1S/C13H27N3O2S/c1-3-16-8-7-15(10-12(16)2)6-4-13-11-19(17,18)9-5-14-13/h12-14H,3-11H2,1-2H3. The molecule has 0 aliphatic carbocycles. The van der Waals surface area contributed by atoms with Crippen LogP contribution in [-0.2, 0) is 9.84 Å². The van der Waals surface area contributed by atoms with Gasteiger partial charge in [-0.05, 0) is 26.4 Å². The Kier molecular flexibility index (Phi) is 5.22. The van der Waals surface area contributed by atoms with Gasteiger partial charge in [0.2, 0.25) is 0 Å². The Labute approximate surface area is 117 Å². The summed E-state index contributed by atoms with van der Waals surface area (Å²) in [5.41, 5.74) is 0. The van der Waals surface area contributed by atoms with Crippen molar-refractivity contribution in [3.05, 3.63) is 0 Å². The molecule has 2 heterocycles. The fraction of sp³-hybridized carbons (Fsp3) is 1.00. The van der Waals surface area contributed by atoms with E-state index in [2.05, 4.69) is 29.0 Å². The first kappa shape index (κ1) is 15.2. The second-order valence-electron chi connectivity index (χ2n) is 5.83. The fourth-order valence-electron chi connectivity index (χ4n) is 3.13. The number of nitrogens with one attached hydrogen (secondary N) is 1. The van der Waals surface area contributed by atoms with Gasteiger partial charge in [-0.15, -0.1) is 0 Å². The molecule has 2 unspecified atom stereocenters. The Morgan fingerprint density at radius 2 is 2.11 bits per heavy atom. The Morgan fingerprint density at radius 3 is 2.74 bits per heavy atom. The summed E-state index contributed by atoms with van der Waals surface area (Å²) < 4.78 is 23.2. The lowest BCUT2D eigenvalue weighted by molar-refractivity contribution is 0.0857. The van der Waals surface area contributed by atoms with Crippen LogP contribution in [0.4, 0.5) is 0 Å². The van der Waals surface area contributed by atoms with E-state index in [9.17, 15) is 8.42 Å². The smallest absolute Gasteiger partial charge is 0.153 e. The zero-order chi connectivity index (χ0) is 13.9. The molecular formula is C13H27N3O2S. The maximum absolute atomic E-state index is 11.6. The predicted octanol–water partition coefficient (Wildman–Crippen LogP) is -0.211. The quantitative estimate of drug-likeness (QED) is 0.776. The van der Waals surface area contributed by atoms with Crippen LogP contribution >= 0.6 is 0 Å². The largest absolute Gasteiger partial charge is 0.312 e. The summed E-state index contributed by atoms with van der Waals surface area (Å²) in [6.07, 6.45) is 0.943. The van der Waals surface area contributed by atoms with E-state index in [1.54, 1.807) is 0 Å². The summed E-state index contributed by atoms with van der Waals surface area (Å²) in [4.78, 5) is 4.97. The van der Waals surface area contributed by atoms with Gasteiger partial charge in [-0.3, -0.25) is 4.90 Å². The molecule has 5 nitrogen and oxygen atoms in total. The van der Waals surface area contributed by atoms with Crippen LogP contribution in [-0.4, -0.2) is 81.1 Å². The highest BCUT2D eigenvalue weighted by Gasteiger charge is 2.26. The molecule has 0 spiro atoms. The summed E-state index contributed by atoms with van der Waals surface area (Å²) in [6.45, 7) is 10.6. The van der Waals surface area contributed by atoms with Gasteiger partial charge in [-0.25, -0.2) is 8.42 Å². The van der Waals surface area contributed by atoms with Gasteiger partial charge >= 0.3 is 0 Å². The lowest BCUT2D eigenvalue weighted by Crippen LogP contribution is -2.53. The zero-order valence-electron chi connectivity index (χ0n) is 12.1. The third-order valence-electron chi connectivity index (χ3n) is 4.35. The van der Waals surface area contributed by atoms with E-state index in [1.807, 2.05) is 0 Å². The van der Waals surface area contributed by atoms with Crippen LogP contribution in [0.3, 0.4) is 0 Å². The lowest BCUT2D eigenvalue weighted by atomic mass is 10.1. The zero-order valence-corrected chi connectivity index (χ0v) is 13.0. The maximum atomic E-state index is 11.6. The highest BCUT2D eigenvalue weighted by atomic mass is 32.2. The van der Waals surface area contributed by atoms with Gasteiger partial charge in [0.05, 0.1) is 11.5 Å². The molecule has 0 aromatic carbocycles. The van der Waals surface area contributed by atoms with Crippen molar-refractivity contribution in [3.63, 3.8) is 0 Å². The third-order valence-corrected chi connectivity index (χ3v) is 6.09. The van der Waals surface area contributed by atoms with Gasteiger partial charge < -0.3 is 10.2 Å². The van der Waals surface area contributed by atoms with Crippen molar-refractivity contribution in [2.75, 3.05) is 50.8 Å². The molecule has 0 saturated carbocycles. The Balaban J connectivity index is 1.74. The summed E-state index contributed by atoms with van der Waals surface area (Å²) >= 11 is 0. The van der Waals surface area contributed by atoms with Crippen molar-refractivity contribution in [2.45, 2.75) is 32.4 Å². The van der Waals surface area contributed by atoms with Crippen LogP contribution in [0.25, 0.3) is 0 Å². The number of rotatable bonds is 4. The van der Waals surface area contributed by atoms with Crippen LogP contribution in [0.15, 0.2) is 0 Å². The molecule has 0 aromatic rings. The molecule has 2 aliphatic rings. The number of likely N-dealkylation sites (N-methyl/N-ethyl adjacent to an activating group) is 1. The Bertz CT molecular complexity index is 385. The molecule has 112 valence electrons. The van der Waals surface area contributed by atoms with Crippen molar-refractivity contribution in [1.29, 1.82) is 0 Å². The molecule has 0 aromatic heterocycles. The summed E-state index contributed by atoms with van der Waals surface area (Å²) in [5.74, 6) is 0.618. The van der Waals surface area contributed by atoms with Crippen molar-refractivity contribution in [1.82, 2.24) is 15.1 Å². The molecule has 0 amide bonds. The molecule has 2 fully saturated rings. The fourth-order valence-corrected chi connectivity index (χ4v) is 4.63. The topological polar surface area (TPSA) is 52.7 Å². The Hall–Kier alpha value is -0.170. The van der Waals surface area contributed by atoms with Gasteiger partial charge in [0, 0.05) is 38.3 Å². The molecule has 0 bridgehead atoms. The van der Waals surface area contributed by atoms with Gasteiger partial charge in [0.1, 0.15) is 0 Å². The van der Waals surface area contributed by atoms with Gasteiger partial charge in [0.25, 0.3) is 0 Å². The van der Waals surface area contributed by atoms with E-state index in [0.717, 1.165) is 39.1 Å². The summed E-state index contributed by atoms with van der Waals surface area (Å²) in [5, 5.41) is 3.33. The molecule has 2 rings (SSSR count). The number of hydrogen-bond donors (Lipinski definition) is 1. The second kappa shape index (κ2) is 6.52. The highest BCUT2D eigenvalue weighted by Crippen LogP contribution is 2.11. The molecular weight excluding hydrogens is 262 g/mol. The monoisotopic (exact) mass is 289 g/mol. The predicted molar refractivity (Wildman–Crippen MR) is 78.2 cm³/mol. The highest BCUT2D eigenvalue weighted by molar-refractivity contribution is 7.91. The van der Waals surface area contributed by atoms with E-state index in [4.69, 9.17) is 0 Å². The SMILES string of the molecule is CCN1CCN(CCC2CS(=O)(=O)CCN2)CC1C. The number of sulfone groups is 1. The first-order chi connectivity index (χ1) is 9.00. The number of nitrogens with zero attached hydrogens (tertiary/aromatic N) is 2. The summed E-state index contributed by atoms with van der Waals surface area (Å²) in [7, 11) is -2.80. The average molecular weight is 289 g/mol. The minimum absolute atomic E-state index is 0.151. The summed E-state index contributed by atoms with van der Waals surface area (Å²) in [6, 6.07) is 0.764. The van der Waals surface area contributed by atoms with E-state index >= 15 is 0 Å². The lowest BCUT2D eigenvalue weighted by Gasteiger charge is -2.40. The van der Waals surface area contributed by atoms with Gasteiger partial charge in [-0.1, -0.05) is 6.92 Å². The molecule has 2 atom stereocenters. The number of piperazine rings is 1. The van der Waals surface area contributed by atoms with Crippen molar-refractivity contribution in [2.24, 2.45) is 0 Å². The first-order valence-electron chi connectivity index (χ1n) is 7.40. The third kappa shape index (κ3) is 4.41. The van der Waals surface area contributed by atoms with E-state index in [0.29, 0.717) is 24.1 Å². The maximum Gasteiger partial charge on any atom is 0.153 e. The van der Waals surface area contributed by atoms with Gasteiger partial charge in [-0.2, -0.15) is 0 Å². The molecule has 1 N–H and O–H groups in total. The van der Waals surface area contributed by atoms with Crippen LogP contribution in [0.5, 0.6) is 0 Å². The molecule has 2 saturated heterocycles. The molecule has 2 aliphatic heterocycles. The van der Waals surface area contributed by atoms with Crippen molar-refractivity contribution >= 4 is 9.84 Å². The first-order valence-corrected chi connectivity index (χ1v) is 9.22. The van der Waals surface area contributed by atoms with Crippen LogP contribution < -0.4 is 5.32 Å². The van der Waals surface area contributed by atoms with Gasteiger partial charge in [0.15, 0.2) is 9.84 Å². The molecule has 0 radical (unpaired) electrons. The van der Waals surface area contributed by atoms with Crippen LogP contribution in [0, 0.1) is 0 Å². The molecule has 19 heavy (non-hydrogen) atoms. The van der Waals surface area contributed by atoms with E-state index < -0.39 is 9.84 Å². The normalized spacial score (nSPS) is 33.4. The van der Waals surface area contributed by atoms with E-state index in [1.165, 1.54) is 0 Å². The van der Waals surface area contributed by atoms with Crippen molar-refractivity contribution in [3.8, 4) is 0 Å². The van der Waals surface area contributed by atoms with Crippen LogP contribution in [0.1, 0.15) is 20.3 Å². The average Bonchev–Trinajstić information content (AvgIpc) is 2.35. The Morgan fingerprint density at radius 1 is 1.32 bits per heavy atom. The number of hydrogen-bond acceptors (Lipinski definition) is 5. The van der Waals surface area contributed by atoms with E-state index in [-0.39, 0.29) is 6.04 Å². The molecule has 6 heteroatoms. The minimum Gasteiger partial charge on any atom is -0.312 e. The van der Waals surface area contributed by atoms with Crippen LogP contribution in [0.2, 0.25) is 0 Å². The second-order valence-corrected chi connectivity index (χ2v) is 8.06. The van der Waals surface area contributed by atoms with Crippen molar-refractivity contribution < 1.29 is 8.42 Å².